The first-order valence-corrected chi connectivity index (χ1v) is 15.7. The van der Waals surface area contributed by atoms with Gasteiger partial charge in [0.15, 0.2) is 0 Å². The molecule has 1 spiro atoms. The molecule has 10 atom stereocenters. The molecular weight excluding hydrogens is 448 g/mol. The average Bonchev–Trinajstić information content (AvgIpc) is 3.40. The van der Waals surface area contributed by atoms with E-state index >= 15 is 0 Å². The van der Waals surface area contributed by atoms with Crippen LogP contribution in [0.15, 0.2) is 0 Å². The first-order valence-electron chi connectivity index (χ1n) is 15.7. The Kier molecular flexibility index (Phi) is 7.51. The Morgan fingerprint density at radius 1 is 1.00 bits per heavy atom. The molecule has 1 aliphatic heterocycles. The van der Waals surface area contributed by atoms with Gasteiger partial charge in [0.05, 0.1) is 12.7 Å². The van der Waals surface area contributed by atoms with Crippen molar-refractivity contribution in [2.24, 2.45) is 46.3 Å². The zero-order chi connectivity index (χ0) is 25.7. The molecule has 4 saturated carbocycles. The zero-order valence-corrected chi connectivity index (χ0v) is 24.2. The molecule has 0 aromatic carbocycles. The summed E-state index contributed by atoms with van der Waals surface area (Å²) in [5.74, 6) is 5.04. The van der Waals surface area contributed by atoms with Crippen molar-refractivity contribution in [2.75, 3.05) is 6.61 Å². The van der Waals surface area contributed by atoms with Crippen LogP contribution in [0.1, 0.15) is 125 Å². The van der Waals surface area contributed by atoms with E-state index in [1.165, 1.54) is 51.4 Å². The fourth-order valence-corrected chi connectivity index (χ4v) is 10.2. The SMILES string of the molecule is CCCCOC(=O)O[C@H]1CC[C@]2(C)C3CC[C@@]4(C)C(CC[C@@H]4C(C)CCCC(C)C)C3C[C@@H]3O[C@@]32C1. The van der Waals surface area contributed by atoms with Gasteiger partial charge in [-0.25, -0.2) is 4.79 Å². The smallest absolute Gasteiger partial charge is 0.434 e. The molecule has 0 aromatic rings. The maximum Gasteiger partial charge on any atom is 0.508 e. The van der Waals surface area contributed by atoms with E-state index in [-0.39, 0.29) is 17.1 Å². The maximum absolute atomic E-state index is 12.2. The fraction of sp³-hybridized carbons (Fsp3) is 0.969. The van der Waals surface area contributed by atoms with Gasteiger partial charge in [-0.3, -0.25) is 0 Å². The van der Waals surface area contributed by atoms with E-state index in [9.17, 15) is 4.79 Å². The molecule has 0 amide bonds. The summed E-state index contributed by atoms with van der Waals surface area (Å²) >= 11 is 0. The molecule has 5 fully saturated rings. The van der Waals surface area contributed by atoms with E-state index < -0.39 is 6.16 Å². The number of unbranched alkanes of at least 4 members (excludes halogenated alkanes) is 1. The maximum atomic E-state index is 12.2. The first-order chi connectivity index (χ1) is 17.1. The number of carbonyl (C=O) groups is 1. The number of carbonyl (C=O) groups excluding carboxylic acids is 1. The molecule has 4 aliphatic carbocycles. The van der Waals surface area contributed by atoms with Gasteiger partial charge in [0.25, 0.3) is 0 Å². The van der Waals surface area contributed by atoms with E-state index in [4.69, 9.17) is 14.2 Å². The minimum atomic E-state index is -0.479. The second kappa shape index (κ2) is 10.1. The minimum absolute atomic E-state index is 0.0508. The predicted octanol–water partition coefficient (Wildman–Crippen LogP) is 8.56. The van der Waals surface area contributed by atoms with Crippen molar-refractivity contribution >= 4 is 6.16 Å². The molecule has 5 aliphatic rings. The second-order valence-corrected chi connectivity index (χ2v) is 14.5. The molecular formula is C32H54O4. The van der Waals surface area contributed by atoms with Gasteiger partial charge < -0.3 is 14.2 Å². The molecule has 0 bridgehead atoms. The second-order valence-electron chi connectivity index (χ2n) is 14.5. The van der Waals surface area contributed by atoms with Crippen molar-refractivity contribution < 1.29 is 19.0 Å². The molecule has 206 valence electrons. The highest BCUT2D eigenvalue weighted by molar-refractivity contribution is 5.60. The molecule has 1 heterocycles. The summed E-state index contributed by atoms with van der Waals surface area (Å²) in [6, 6.07) is 0. The van der Waals surface area contributed by atoms with Gasteiger partial charge in [-0.15, -0.1) is 0 Å². The molecule has 36 heavy (non-hydrogen) atoms. The zero-order valence-electron chi connectivity index (χ0n) is 24.2. The van der Waals surface area contributed by atoms with Crippen molar-refractivity contribution in [1.29, 1.82) is 0 Å². The van der Waals surface area contributed by atoms with Crippen LogP contribution in [0.5, 0.6) is 0 Å². The van der Waals surface area contributed by atoms with Gasteiger partial charge >= 0.3 is 6.16 Å². The summed E-state index contributed by atoms with van der Waals surface area (Å²) in [4.78, 5) is 12.2. The molecule has 4 nitrogen and oxygen atoms in total. The molecule has 4 unspecified atom stereocenters. The van der Waals surface area contributed by atoms with Gasteiger partial charge in [0.2, 0.25) is 0 Å². The van der Waals surface area contributed by atoms with Crippen molar-refractivity contribution in [3.05, 3.63) is 0 Å². The average molecular weight is 503 g/mol. The van der Waals surface area contributed by atoms with Crippen LogP contribution in [0.2, 0.25) is 0 Å². The van der Waals surface area contributed by atoms with Crippen molar-refractivity contribution in [3.8, 4) is 0 Å². The number of fused-ring (bicyclic) bond motifs is 4. The number of hydrogen-bond acceptors (Lipinski definition) is 4. The summed E-state index contributed by atoms with van der Waals surface area (Å²) in [5.41, 5.74) is 0.692. The molecule has 5 rings (SSSR count). The number of epoxide rings is 1. The summed E-state index contributed by atoms with van der Waals surface area (Å²) in [6.45, 7) is 15.1. The highest BCUT2D eigenvalue weighted by Crippen LogP contribution is 2.74. The highest BCUT2D eigenvalue weighted by Gasteiger charge is 2.76. The lowest BCUT2D eigenvalue weighted by atomic mass is 9.44. The Balaban J connectivity index is 1.23. The van der Waals surface area contributed by atoms with Crippen molar-refractivity contribution in [3.63, 3.8) is 0 Å². The van der Waals surface area contributed by atoms with Crippen LogP contribution in [0, 0.1) is 46.3 Å². The van der Waals surface area contributed by atoms with Crippen LogP contribution in [0.25, 0.3) is 0 Å². The fourth-order valence-electron chi connectivity index (χ4n) is 10.2. The molecule has 0 N–H and O–H groups in total. The van der Waals surface area contributed by atoms with Crippen LogP contribution < -0.4 is 0 Å². The summed E-state index contributed by atoms with van der Waals surface area (Å²) < 4.78 is 17.8. The molecule has 0 radical (unpaired) electrons. The summed E-state index contributed by atoms with van der Waals surface area (Å²) in [7, 11) is 0. The topological polar surface area (TPSA) is 48.1 Å². The van der Waals surface area contributed by atoms with Crippen molar-refractivity contribution in [2.45, 2.75) is 143 Å². The van der Waals surface area contributed by atoms with Crippen LogP contribution in [0.3, 0.4) is 0 Å². The lowest BCUT2D eigenvalue weighted by Gasteiger charge is -2.59. The molecule has 1 saturated heterocycles. The third-order valence-electron chi connectivity index (χ3n) is 12.2. The van der Waals surface area contributed by atoms with Gasteiger partial charge in [-0.05, 0) is 92.3 Å². The van der Waals surface area contributed by atoms with E-state index in [1.807, 2.05) is 0 Å². The van der Waals surface area contributed by atoms with Crippen molar-refractivity contribution in [1.82, 2.24) is 0 Å². The Hall–Kier alpha value is -0.770. The van der Waals surface area contributed by atoms with E-state index in [0.29, 0.717) is 18.1 Å². The Bertz CT molecular complexity index is 795. The number of hydrogen-bond donors (Lipinski definition) is 0. The standard InChI is InChI=1S/C32H54O4/c1-7-8-18-34-29(33)35-23-14-17-31(6)27-15-16-30(5)25(22(4)11-9-10-21(2)3)12-13-26(30)24(27)19-28-32(31,20-23)36-28/h21-28H,7-20H2,1-6H3/t22?,23-,24?,25+,26?,27?,28-,30+,31+,32-/m0/s1. The number of rotatable bonds is 9. The quantitative estimate of drug-likeness (QED) is 0.180. The van der Waals surface area contributed by atoms with Gasteiger partial charge in [-0.2, -0.15) is 0 Å². The van der Waals surface area contributed by atoms with Gasteiger partial charge in [0.1, 0.15) is 11.7 Å². The lowest BCUT2D eigenvalue weighted by Crippen LogP contribution is -2.59. The van der Waals surface area contributed by atoms with Crippen LogP contribution in [-0.4, -0.2) is 30.6 Å². The minimum Gasteiger partial charge on any atom is -0.434 e. The Morgan fingerprint density at radius 2 is 1.81 bits per heavy atom. The normalized spacial score (nSPS) is 45.8. The molecule has 4 heteroatoms. The van der Waals surface area contributed by atoms with E-state index in [2.05, 4.69) is 41.5 Å². The van der Waals surface area contributed by atoms with Crippen LogP contribution in [0.4, 0.5) is 4.79 Å². The van der Waals surface area contributed by atoms with E-state index in [0.717, 1.165) is 67.6 Å². The Morgan fingerprint density at radius 3 is 2.56 bits per heavy atom. The first kappa shape index (κ1) is 26.8. The van der Waals surface area contributed by atoms with Crippen LogP contribution >= 0.6 is 0 Å². The largest absolute Gasteiger partial charge is 0.508 e. The molecule has 0 aromatic heterocycles. The summed E-state index contributed by atoms with van der Waals surface area (Å²) in [5, 5.41) is 0. The third kappa shape index (κ3) is 4.43. The van der Waals surface area contributed by atoms with E-state index in [1.54, 1.807) is 0 Å². The van der Waals surface area contributed by atoms with Crippen LogP contribution in [-0.2, 0) is 14.2 Å². The Labute approximate surface area is 221 Å². The third-order valence-corrected chi connectivity index (χ3v) is 12.2. The lowest BCUT2D eigenvalue weighted by molar-refractivity contribution is -0.120. The highest BCUT2D eigenvalue weighted by atomic mass is 16.7. The number of ether oxygens (including phenoxy) is 3. The monoisotopic (exact) mass is 502 g/mol. The predicted molar refractivity (Wildman–Crippen MR) is 144 cm³/mol. The van der Waals surface area contributed by atoms with Gasteiger partial charge in [-0.1, -0.05) is 67.2 Å². The summed E-state index contributed by atoms with van der Waals surface area (Å²) in [6.07, 6.45) is 15.8. The van der Waals surface area contributed by atoms with Gasteiger partial charge in [0, 0.05) is 11.8 Å².